The predicted octanol–water partition coefficient (Wildman–Crippen LogP) is 0.755. The van der Waals surface area contributed by atoms with Gasteiger partial charge in [-0.2, -0.15) is 0 Å². The summed E-state index contributed by atoms with van der Waals surface area (Å²) < 4.78 is 0. The van der Waals surface area contributed by atoms with Crippen LogP contribution in [0.25, 0.3) is 0 Å². The van der Waals surface area contributed by atoms with Crippen molar-refractivity contribution in [1.29, 1.82) is 0 Å². The molecule has 0 bridgehead atoms. The molecule has 2 atom stereocenters. The van der Waals surface area contributed by atoms with Crippen molar-refractivity contribution in [3.05, 3.63) is 0 Å². The Kier molecular flexibility index (Phi) is 2.02. The van der Waals surface area contributed by atoms with Gasteiger partial charge < -0.3 is 10.4 Å². The van der Waals surface area contributed by atoms with E-state index in [1.54, 1.807) is 0 Å². The fourth-order valence-electron chi connectivity index (χ4n) is 1.31. The molecule has 0 aromatic carbocycles. The minimum Gasteiger partial charge on any atom is -0.391 e. The van der Waals surface area contributed by atoms with Crippen molar-refractivity contribution in [3.8, 4) is 0 Å². The van der Waals surface area contributed by atoms with Crippen LogP contribution in [0.2, 0.25) is 0 Å². The molecule has 2 nitrogen and oxygen atoms in total. The Morgan fingerprint density at radius 3 is 2.50 bits per heavy atom. The van der Waals surface area contributed by atoms with E-state index in [-0.39, 0.29) is 11.6 Å². The number of rotatable bonds is 0. The summed E-state index contributed by atoms with van der Waals surface area (Å²) in [5, 5.41) is 12.9. The van der Waals surface area contributed by atoms with Crippen LogP contribution in [0.4, 0.5) is 0 Å². The molecule has 10 heavy (non-hydrogen) atoms. The smallest absolute Gasteiger partial charge is 0.0719 e. The first-order valence-corrected chi connectivity index (χ1v) is 3.95. The van der Waals surface area contributed by atoms with E-state index in [1.807, 2.05) is 13.8 Å². The van der Waals surface area contributed by atoms with Crippen molar-refractivity contribution in [1.82, 2.24) is 5.32 Å². The van der Waals surface area contributed by atoms with Gasteiger partial charge in [0.05, 0.1) is 6.10 Å². The molecule has 1 heterocycles. The topological polar surface area (TPSA) is 32.3 Å². The summed E-state index contributed by atoms with van der Waals surface area (Å²) in [7, 11) is 0. The molecule has 1 aliphatic heterocycles. The third kappa shape index (κ3) is 1.50. The quantitative estimate of drug-likeness (QED) is 0.524. The Hall–Kier alpha value is -0.0800. The Bertz CT molecular complexity index is 122. The Labute approximate surface area is 62.6 Å². The highest BCUT2D eigenvalue weighted by molar-refractivity contribution is 4.91. The lowest BCUT2D eigenvalue weighted by Gasteiger charge is -2.39. The second-order valence-corrected chi connectivity index (χ2v) is 3.96. The minimum atomic E-state index is -0.184. The van der Waals surface area contributed by atoms with Crippen LogP contribution in [0.15, 0.2) is 0 Å². The molecule has 0 aromatic rings. The van der Waals surface area contributed by atoms with E-state index in [2.05, 4.69) is 12.2 Å². The fraction of sp³-hybridized carbons (Fsp3) is 1.00. The highest BCUT2D eigenvalue weighted by Crippen LogP contribution is 2.21. The standard InChI is InChI=1S/C8H17NO/c1-6-4-7(10)8(2,3)9-5-6/h6-7,9-10H,4-5H2,1-3H3/t6-,7+/m1/s1. The summed E-state index contributed by atoms with van der Waals surface area (Å²) in [6.45, 7) is 7.28. The molecular weight excluding hydrogens is 126 g/mol. The van der Waals surface area contributed by atoms with Crippen LogP contribution in [0, 0.1) is 5.92 Å². The van der Waals surface area contributed by atoms with Crippen LogP contribution in [0.1, 0.15) is 27.2 Å². The minimum absolute atomic E-state index is 0.0769. The van der Waals surface area contributed by atoms with Gasteiger partial charge in [0, 0.05) is 5.54 Å². The second kappa shape index (κ2) is 2.51. The van der Waals surface area contributed by atoms with Gasteiger partial charge in [-0.3, -0.25) is 0 Å². The number of hydrogen-bond acceptors (Lipinski definition) is 2. The first kappa shape index (κ1) is 8.02. The molecule has 0 saturated carbocycles. The number of piperidine rings is 1. The van der Waals surface area contributed by atoms with Gasteiger partial charge in [-0.25, -0.2) is 0 Å². The molecule has 0 spiro atoms. The Morgan fingerprint density at radius 1 is 1.50 bits per heavy atom. The van der Waals surface area contributed by atoms with E-state index < -0.39 is 0 Å². The number of aliphatic hydroxyl groups excluding tert-OH is 1. The molecule has 1 saturated heterocycles. The second-order valence-electron chi connectivity index (χ2n) is 3.96. The van der Waals surface area contributed by atoms with Crippen LogP contribution in [-0.4, -0.2) is 23.3 Å². The van der Waals surface area contributed by atoms with Crippen LogP contribution in [0.3, 0.4) is 0 Å². The van der Waals surface area contributed by atoms with E-state index in [9.17, 15) is 5.11 Å². The first-order chi connectivity index (χ1) is 4.52. The van der Waals surface area contributed by atoms with E-state index in [4.69, 9.17) is 0 Å². The van der Waals surface area contributed by atoms with Crippen molar-refractivity contribution >= 4 is 0 Å². The van der Waals surface area contributed by atoms with Crippen LogP contribution >= 0.6 is 0 Å². The van der Waals surface area contributed by atoms with Gasteiger partial charge in [0.25, 0.3) is 0 Å². The number of hydrogen-bond donors (Lipinski definition) is 2. The van der Waals surface area contributed by atoms with Crippen LogP contribution < -0.4 is 5.32 Å². The lowest BCUT2D eigenvalue weighted by molar-refractivity contribution is 0.0319. The average Bonchev–Trinajstić information content (AvgIpc) is 1.81. The molecule has 0 radical (unpaired) electrons. The number of aliphatic hydroxyl groups is 1. The van der Waals surface area contributed by atoms with E-state index in [0.717, 1.165) is 13.0 Å². The zero-order valence-electron chi connectivity index (χ0n) is 7.02. The molecule has 1 fully saturated rings. The van der Waals surface area contributed by atoms with Crippen molar-refractivity contribution < 1.29 is 5.11 Å². The SMILES string of the molecule is C[C@H]1CNC(C)(C)[C@@H](O)C1. The van der Waals surface area contributed by atoms with Crippen LogP contribution in [-0.2, 0) is 0 Å². The highest BCUT2D eigenvalue weighted by Gasteiger charge is 2.32. The van der Waals surface area contributed by atoms with Crippen molar-refractivity contribution in [2.45, 2.75) is 38.8 Å². The molecule has 2 heteroatoms. The van der Waals surface area contributed by atoms with Gasteiger partial charge in [0.1, 0.15) is 0 Å². The maximum absolute atomic E-state index is 9.54. The predicted molar refractivity (Wildman–Crippen MR) is 41.9 cm³/mol. The largest absolute Gasteiger partial charge is 0.391 e. The van der Waals surface area contributed by atoms with Crippen molar-refractivity contribution in [2.75, 3.05) is 6.54 Å². The van der Waals surface area contributed by atoms with Gasteiger partial charge in [-0.05, 0) is 32.7 Å². The first-order valence-electron chi connectivity index (χ1n) is 3.95. The molecule has 0 amide bonds. The zero-order valence-corrected chi connectivity index (χ0v) is 7.02. The maximum Gasteiger partial charge on any atom is 0.0719 e. The van der Waals surface area contributed by atoms with E-state index in [1.165, 1.54) is 0 Å². The van der Waals surface area contributed by atoms with Crippen molar-refractivity contribution in [3.63, 3.8) is 0 Å². The lowest BCUT2D eigenvalue weighted by atomic mass is 9.85. The fourth-order valence-corrected chi connectivity index (χ4v) is 1.31. The highest BCUT2D eigenvalue weighted by atomic mass is 16.3. The average molecular weight is 143 g/mol. The van der Waals surface area contributed by atoms with E-state index in [0.29, 0.717) is 5.92 Å². The Morgan fingerprint density at radius 2 is 2.10 bits per heavy atom. The van der Waals surface area contributed by atoms with Crippen LogP contribution in [0.5, 0.6) is 0 Å². The molecule has 2 N–H and O–H groups in total. The molecule has 1 aliphatic rings. The van der Waals surface area contributed by atoms with Gasteiger partial charge in [-0.15, -0.1) is 0 Å². The van der Waals surface area contributed by atoms with Crippen molar-refractivity contribution in [2.24, 2.45) is 5.92 Å². The maximum atomic E-state index is 9.54. The third-order valence-corrected chi connectivity index (χ3v) is 2.36. The normalized spacial score (nSPS) is 39.6. The molecule has 0 unspecified atom stereocenters. The third-order valence-electron chi connectivity index (χ3n) is 2.36. The van der Waals surface area contributed by atoms with E-state index >= 15 is 0 Å². The van der Waals surface area contributed by atoms with Gasteiger partial charge in [0.15, 0.2) is 0 Å². The summed E-state index contributed by atoms with van der Waals surface area (Å²) >= 11 is 0. The number of nitrogens with one attached hydrogen (secondary N) is 1. The van der Waals surface area contributed by atoms with Gasteiger partial charge in [0.2, 0.25) is 0 Å². The summed E-state index contributed by atoms with van der Waals surface area (Å²) in [5.41, 5.74) is -0.0769. The lowest BCUT2D eigenvalue weighted by Crippen LogP contribution is -2.55. The molecule has 0 aromatic heterocycles. The summed E-state index contributed by atoms with van der Waals surface area (Å²) in [6.07, 6.45) is 0.747. The molecule has 0 aliphatic carbocycles. The zero-order chi connectivity index (χ0) is 7.78. The Balaban J connectivity index is 2.52. The summed E-state index contributed by atoms with van der Waals surface area (Å²) in [4.78, 5) is 0. The van der Waals surface area contributed by atoms with Gasteiger partial charge >= 0.3 is 0 Å². The van der Waals surface area contributed by atoms with Gasteiger partial charge in [-0.1, -0.05) is 6.92 Å². The molecule has 1 rings (SSSR count). The summed E-state index contributed by atoms with van der Waals surface area (Å²) in [6, 6.07) is 0. The molecule has 60 valence electrons. The monoisotopic (exact) mass is 143 g/mol. The molecular formula is C8H17NO. The summed E-state index contributed by atoms with van der Waals surface area (Å²) in [5.74, 6) is 0.614.